The van der Waals surface area contributed by atoms with Gasteiger partial charge in [0.1, 0.15) is 0 Å². The van der Waals surface area contributed by atoms with Crippen molar-refractivity contribution in [3.63, 3.8) is 0 Å². The molecule has 1 aliphatic heterocycles. The van der Waals surface area contributed by atoms with Crippen molar-refractivity contribution >= 4 is 17.4 Å². The second-order valence-corrected chi connectivity index (χ2v) is 5.63. The van der Waals surface area contributed by atoms with Gasteiger partial charge in [-0.05, 0) is 64.2 Å². The third kappa shape index (κ3) is 3.56. The van der Waals surface area contributed by atoms with Crippen molar-refractivity contribution in [1.29, 1.82) is 0 Å². The quantitative estimate of drug-likeness (QED) is 0.861. The van der Waals surface area contributed by atoms with Crippen LogP contribution in [-0.4, -0.2) is 42.9 Å². The number of piperidine rings is 1. The molecular weight excluding hydrogens is 260 g/mol. The zero-order chi connectivity index (χ0) is 13.8. The van der Waals surface area contributed by atoms with E-state index in [9.17, 15) is 4.79 Å². The van der Waals surface area contributed by atoms with E-state index in [-0.39, 0.29) is 11.8 Å². The van der Waals surface area contributed by atoms with E-state index < -0.39 is 0 Å². The van der Waals surface area contributed by atoms with Crippen LogP contribution >= 0.6 is 11.6 Å². The number of carbonyl (C=O) groups excluding carboxylic acids is 1. The standard InChI is InChI=1S/C15H21ClN2O/c1-11(18(2)14-7-9-17-10-8-14)15(19)12-3-5-13(16)6-4-12/h3-6,11,14,17H,7-10H2,1-2H3. The van der Waals surface area contributed by atoms with Crippen molar-refractivity contribution in [3.05, 3.63) is 34.9 Å². The summed E-state index contributed by atoms with van der Waals surface area (Å²) >= 11 is 5.85. The molecule has 1 fully saturated rings. The molecule has 0 aliphatic carbocycles. The summed E-state index contributed by atoms with van der Waals surface area (Å²) in [4.78, 5) is 14.6. The number of nitrogens with zero attached hydrogens (tertiary/aromatic N) is 1. The molecule has 1 aromatic carbocycles. The molecule has 1 aromatic rings. The molecule has 0 spiro atoms. The van der Waals surface area contributed by atoms with Crippen LogP contribution in [0.1, 0.15) is 30.1 Å². The van der Waals surface area contributed by atoms with Crippen LogP contribution in [-0.2, 0) is 0 Å². The van der Waals surface area contributed by atoms with Crippen LogP contribution < -0.4 is 5.32 Å². The normalized spacial score (nSPS) is 18.5. The summed E-state index contributed by atoms with van der Waals surface area (Å²) < 4.78 is 0. The summed E-state index contributed by atoms with van der Waals surface area (Å²) in [6, 6.07) is 7.55. The van der Waals surface area contributed by atoms with E-state index in [1.807, 2.05) is 6.92 Å². The van der Waals surface area contributed by atoms with Crippen molar-refractivity contribution in [3.8, 4) is 0 Å². The Bertz CT molecular complexity index is 426. The molecule has 1 unspecified atom stereocenters. The molecule has 4 heteroatoms. The minimum atomic E-state index is -0.0933. The smallest absolute Gasteiger partial charge is 0.179 e. The average molecular weight is 281 g/mol. The first-order valence-electron chi connectivity index (χ1n) is 6.82. The van der Waals surface area contributed by atoms with Crippen molar-refractivity contribution in [2.45, 2.75) is 31.8 Å². The van der Waals surface area contributed by atoms with E-state index in [0.717, 1.165) is 31.5 Å². The molecule has 0 saturated carbocycles. The van der Waals surface area contributed by atoms with Gasteiger partial charge in [0.15, 0.2) is 5.78 Å². The minimum Gasteiger partial charge on any atom is -0.317 e. The van der Waals surface area contributed by atoms with Crippen molar-refractivity contribution in [1.82, 2.24) is 10.2 Å². The Morgan fingerprint density at radius 3 is 2.47 bits per heavy atom. The molecule has 0 bridgehead atoms. The molecule has 1 saturated heterocycles. The monoisotopic (exact) mass is 280 g/mol. The molecule has 1 aliphatic rings. The number of halogens is 1. The molecule has 0 amide bonds. The Hall–Kier alpha value is -0.900. The highest BCUT2D eigenvalue weighted by molar-refractivity contribution is 6.30. The fourth-order valence-corrected chi connectivity index (χ4v) is 2.70. The minimum absolute atomic E-state index is 0.0933. The maximum absolute atomic E-state index is 12.4. The number of likely N-dealkylation sites (N-methyl/N-ethyl adjacent to an activating group) is 1. The summed E-state index contributed by atoms with van der Waals surface area (Å²) in [5.41, 5.74) is 0.734. The van der Waals surface area contributed by atoms with Gasteiger partial charge in [0, 0.05) is 16.6 Å². The Labute approximate surface area is 119 Å². The van der Waals surface area contributed by atoms with Crippen LogP contribution in [0.2, 0.25) is 5.02 Å². The Kier molecular flexibility index (Phi) is 4.97. The summed E-state index contributed by atoms with van der Waals surface area (Å²) in [6.07, 6.45) is 2.21. The first-order valence-corrected chi connectivity index (χ1v) is 7.20. The number of ketones is 1. The van der Waals surface area contributed by atoms with Crippen LogP contribution in [0.25, 0.3) is 0 Å². The Balaban J connectivity index is 2.03. The lowest BCUT2D eigenvalue weighted by Crippen LogP contribution is -2.47. The van der Waals surface area contributed by atoms with E-state index in [0.29, 0.717) is 11.1 Å². The van der Waals surface area contributed by atoms with Gasteiger partial charge in [-0.15, -0.1) is 0 Å². The molecule has 0 aromatic heterocycles. The summed E-state index contributed by atoms with van der Waals surface area (Å²) in [5, 5.41) is 4.01. The lowest BCUT2D eigenvalue weighted by atomic mass is 9.99. The molecule has 3 nitrogen and oxygen atoms in total. The van der Waals surface area contributed by atoms with Gasteiger partial charge in [-0.1, -0.05) is 11.6 Å². The molecule has 19 heavy (non-hydrogen) atoms. The number of benzene rings is 1. The number of nitrogens with one attached hydrogen (secondary N) is 1. The SMILES string of the molecule is CC(C(=O)c1ccc(Cl)cc1)N(C)C1CCNCC1. The van der Waals surface area contributed by atoms with E-state index >= 15 is 0 Å². The average Bonchev–Trinajstić information content (AvgIpc) is 2.46. The summed E-state index contributed by atoms with van der Waals surface area (Å²) in [5.74, 6) is 0.165. The number of carbonyl (C=O) groups is 1. The second-order valence-electron chi connectivity index (χ2n) is 5.19. The topological polar surface area (TPSA) is 32.3 Å². The molecule has 1 atom stereocenters. The molecule has 1 heterocycles. The van der Waals surface area contributed by atoms with Gasteiger partial charge in [0.2, 0.25) is 0 Å². The summed E-state index contributed by atoms with van der Waals surface area (Å²) in [6.45, 7) is 4.06. The van der Waals surface area contributed by atoms with Crippen LogP contribution in [0.5, 0.6) is 0 Å². The van der Waals surface area contributed by atoms with Crippen LogP contribution in [0, 0.1) is 0 Å². The second kappa shape index (κ2) is 6.51. The zero-order valence-corrected chi connectivity index (χ0v) is 12.3. The maximum atomic E-state index is 12.4. The van der Waals surface area contributed by atoms with E-state index in [4.69, 9.17) is 11.6 Å². The predicted octanol–water partition coefficient (Wildman–Crippen LogP) is 2.60. The fraction of sp³-hybridized carbons (Fsp3) is 0.533. The Morgan fingerprint density at radius 1 is 1.32 bits per heavy atom. The van der Waals surface area contributed by atoms with E-state index in [2.05, 4.69) is 17.3 Å². The van der Waals surface area contributed by atoms with E-state index in [1.165, 1.54) is 0 Å². The van der Waals surface area contributed by atoms with Gasteiger partial charge < -0.3 is 5.32 Å². The largest absolute Gasteiger partial charge is 0.317 e. The third-order valence-corrected chi connectivity index (χ3v) is 4.26. The first kappa shape index (κ1) is 14.5. The zero-order valence-electron chi connectivity index (χ0n) is 11.5. The van der Waals surface area contributed by atoms with E-state index in [1.54, 1.807) is 24.3 Å². The third-order valence-electron chi connectivity index (χ3n) is 4.00. The predicted molar refractivity (Wildman–Crippen MR) is 78.9 cm³/mol. The van der Waals surface area contributed by atoms with Gasteiger partial charge >= 0.3 is 0 Å². The van der Waals surface area contributed by atoms with Crippen LogP contribution in [0.3, 0.4) is 0 Å². The fourth-order valence-electron chi connectivity index (χ4n) is 2.57. The number of hydrogen-bond donors (Lipinski definition) is 1. The highest BCUT2D eigenvalue weighted by atomic mass is 35.5. The summed E-state index contributed by atoms with van der Waals surface area (Å²) in [7, 11) is 2.05. The highest BCUT2D eigenvalue weighted by Crippen LogP contribution is 2.17. The van der Waals surface area contributed by atoms with Crippen LogP contribution in [0.4, 0.5) is 0 Å². The van der Waals surface area contributed by atoms with Gasteiger partial charge in [0.05, 0.1) is 6.04 Å². The molecule has 104 valence electrons. The van der Waals surface area contributed by atoms with Gasteiger partial charge in [-0.25, -0.2) is 0 Å². The molecule has 0 radical (unpaired) electrons. The lowest BCUT2D eigenvalue weighted by Gasteiger charge is -2.35. The first-order chi connectivity index (χ1) is 9.09. The van der Waals surface area contributed by atoms with Crippen molar-refractivity contribution in [2.75, 3.05) is 20.1 Å². The molecule has 2 rings (SSSR count). The van der Waals surface area contributed by atoms with Crippen molar-refractivity contribution in [2.24, 2.45) is 0 Å². The van der Waals surface area contributed by atoms with Gasteiger partial charge in [-0.2, -0.15) is 0 Å². The van der Waals surface area contributed by atoms with Gasteiger partial charge in [0.25, 0.3) is 0 Å². The highest BCUT2D eigenvalue weighted by Gasteiger charge is 2.26. The number of Topliss-reactive ketones (excluding diaryl/α,β-unsaturated/α-hetero) is 1. The maximum Gasteiger partial charge on any atom is 0.179 e. The number of hydrogen-bond acceptors (Lipinski definition) is 3. The molecular formula is C15H21ClN2O. The van der Waals surface area contributed by atoms with Crippen LogP contribution in [0.15, 0.2) is 24.3 Å². The lowest BCUT2D eigenvalue weighted by molar-refractivity contribution is 0.0786. The molecule has 1 N–H and O–H groups in total. The van der Waals surface area contributed by atoms with Gasteiger partial charge in [-0.3, -0.25) is 9.69 Å². The van der Waals surface area contributed by atoms with Crippen molar-refractivity contribution < 1.29 is 4.79 Å². The number of rotatable bonds is 4. The Morgan fingerprint density at radius 2 is 1.89 bits per heavy atom.